The van der Waals surface area contributed by atoms with Crippen molar-refractivity contribution in [2.45, 2.75) is 66.1 Å². The molecule has 2 amide bonds. The summed E-state index contributed by atoms with van der Waals surface area (Å²) >= 11 is 0. The van der Waals surface area contributed by atoms with E-state index in [1.807, 2.05) is 39.8 Å². The van der Waals surface area contributed by atoms with Gasteiger partial charge in [0.2, 0.25) is 5.96 Å². The first-order valence-corrected chi connectivity index (χ1v) is 10.3. The minimum atomic E-state index is -0.611. The summed E-state index contributed by atoms with van der Waals surface area (Å²) in [6, 6.07) is 5.52. The van der Waals surface area contributed by atoms with Gasteiger partial charge in [0.25, 0.3) is 0 Å². The maximum atomic E-state index is 12.0. The standard InChI is InChI=1S/C22H36N4O5/c1-9-23-18(26-20(28)31-22(5,6)7)25-16-11-10-15(17(14-16)29-8)12-13-24-19(27)30-21(2,3)4/h10-11,14H,9,12-13H2,1-8H3,(H,24,27)(H2,23,25,26,28). The molecule has 0 fully saturated rings. The average molecular weight is 437 g/mol. The Bertz CT molecular complexity index is 779. The molecule has 0 atom stereocenters. The Morgan fingerprint density at radius 1 is 1.00 bits per heavy atom. The highest BCUT2D eigenvalue weighted by atomic mass is 16.6. The number of carbonyl (C=O) groups is 2. The van der Waals surface area contributed by atoms with Crippen molar-refractivity contribution < 1.29 is 23.8 Å². The van der Waals surface area contributed by atoms with Crippen molar-refractivity contribution in [1.82, 2.24) is 10.6 Å². The van der Waals surface area contributed by atoms with Gasteiger partial charge in [0.1, 0.15) is 17.0 Å². The van der Waals surface area contributed by atoms with Crippen molar-refractivity contribution in [3.63, 3.8) is 0 Å². The van der Waals surface area contributed by atoms with Gasteiger partial charge in [-0.1, -0.05) is 6.07 Å². The number of hydrogen-bond donors (Lipinski definition) is 3. The molecule has 0 saturated carbocycles. The van der Waals surface area contributed by atoms with E-state index in [4.69, 9.17) is 14.2 Å². The number of benzene rings is 1. The van der Waals surface area contributed by atoms with E-state index in [-0.39, 0.29) is 5.96 Å². The van der Waals surface area contributed by atoms with Crippen LogP contribution in [-0.2, 0) is 15.9 Å². The number of guanidine groups is 1. The molecular formula is C22H36N4O5. The molecule has 0 aromatic heterocycles. The highest BCUT2D eigenvalue weighted by molar-refractivity contribution is 6.02. The lowest BCUT2D eigenvalue weighted by Gasteiger charge is -2.21. The number of nitrogens with zero attached hydrogens (tertiary/aromatic N) is 1. The summed E-state index contributed by atoms with van der Waals surface area (Å²) in [5.74, 6) is 0.919. The summed E-state index contributed by atoms with van der Waals surface area (Å²) in [5.41, 5.74) is 0.446. The predicted octanol–water partition coefficient (Wildman–Crippen LogP) is 4.07. The highest BCUT2D eigenvalue weighted by Crippen LogP contribution is 2.23. The molecular weight excluding hydrogens is 400 g/mol. The van der Waals surface area contributed by atoms with Crippen LogP contribution < -0.4 is 20.7 Å². The maximum Gasteiger partial charge on any atom is 0.414 e. The minimum absolute atomic E-state index is 0.276. The van der Waals surface area contributed by atoms with Crippen molar-refractivity contribution in [3.8, 4) is 5.75 Å². The topological polar surface area (TPSA) is 110 Å². The zero-order chi connectivity index (χ0) is 23.7. The fourth-order valence-electron chi connectivity index (χ4n) is 2.45. The van der Waals surface area contributed by atoms with Gasteiger partial charge in [-0.2, -0.15) is 0 Å². The van der Waals surface area contributed by atoms with Crippen molar-refractivity contribution in [3.05, 3.63) is 23.8 Å². The maximum absolute atomic E-state index is 12.0. The van der Waals surface area contributed by atoms with E-state index in [0.717, 1.165) is 5.56 Å². The van der Waals surface area contributed by atoms with Crippen LogP contribution in [0.5, 0.6) is 5.75 Å². The second kappa shape index (κ2) is 11.4. The van der Waals surface area contributed by atoms with E-state index in [9.17, 15) is 9.59 Å². The number of carbonyl (C=O) groups excluding carboxylic acids is 2. The number of amides is 2. The van der Waals surface area contributed by atoms with Crippen LogP contribution in [0, 0.1) is 0 Å². The van der Waals surface area contributed by atoms with E-state index < -0.39 is 23.4 Å². The van der Waals surface area contributed by atoms with Crippen molar-refractivity contribution in [1.29, 1.82) is 0 Å². The van der Waals surface area contributed by atoms with Crippen molar-refractivity contribution >= 4 is 23.8 Å². The molecule has 1 aromatic rings. The number of alkyl carbamates (subject to hydrolysis) is 2. The van der Waals surface area contributed by atoms with Gasteiger partial charge in [-0.15, -0.1) is 0 Å². The Morgan fingerprint density at radius 3 is 2.16 bits per heavy atom. The lowest BCUT2D eigenvalue weighted by Crippen LogP contribution is -2.40. The summed E-state index contributed by atoms with van der Waals surface area (Å²) in [4.78, 5) is 28.1. The van der Waals surface area contributed by atoms with Gasteiger partial charge in [0.05, 0.1) is 7.11 Å². The first-order valence-electron chi connectivity index (χ1n) is 10.3. The molecule has 0 unspecified atom stereocenters. The molecule has 0 spiro atoms. The number of hydrogen-bond acceptors (Lipinski definition) is 6. The fourth-order valence-corrected chi connectivity index (χ4v) is 2.45. The molecule has 0 saturated heterocycles. The Kier molecular flexibility index (Phi) is 9.61. The number of methoxy groups -OCH3 is 1. The third-order valence-corrected chi connectivity index (χ3v) is 3.55. The lowest BCUT2D eigenvalue weighted by molar-refractivity contribution is 0.0524. The molecule has 0 aliphatic carbocycles. The van der Waals surface area contributed by atoms with Gasteiger partial charge in [-0.3, -0.25) is 10.3 Å². The largest absolute Gasteiger partial charge is 0.496 e. The van der Waals surface area contributed by atoms with Gasteiger partial charge in [0.15, 0.2) is 0 Å². The molecule has 0 aliphatic heterocycles. The zero-order valence-electron chi connectivity index (χ0n) is 19.8. The predicted molar refractivity (Wildman–Crippen MR) is 122 cm³/mol. The number of anilines is 1. The van der Waals surface area contributed by atoms with E-state index in [2.05, 4.69) is 20.9 Å². The fraction of sp³-hybridized carbons (Fsp3) is 0.591. The molecule has 9 heteroatoms. The smallest absolute Gasteiger partial charge is 0.414 e. The van der Waals surface area contributed by atoms with Crippen LogP contribution in [-0.4, -0.2) is 49.5 Å². The third kappa shape index (κ3) is 11.1. The second-order valence-electron chi connectivity index (χ2n) is 8.78. The van der Waals surface area contributed by atoms with Crippen LogP contribution in [0.25, 0.3) is 0 Å². The van der Waals surface area contributed by atoms with Gasteiger partial charge >= 0.3 is 12.2 Å². The molecule has 0 heterocycles. The van der Waals surface area contributed by atoms with E-state index in [1.54, 1.807) is 33.9 Å². The van der Waals surface area contributed by atoms with Crippen LogP contribution in [0.2, 0.25) is 0 Å². The molecule has 0 bridgehead atoms. The molecule has 31 heavy (non-hydrogen) atoms. The Labute approximate surface area is 184 Å². The van der Waals surface area contributed by atoms with Crippen LogP contribution in [0.15, 0.2) is 23.2 Å². The first kappa shape index (κ1) is 26.1. The zero-order valence-corrected chi connectivity index (χ0v) is 19.8. The van der Waals surface area contributed by atoms with E-state index >= 15 is 0 Å². The van der Waals surface area contributed by atoms with E-state index in [1.165, 1.54) is 0 Å². The van der Waals surface area contributed by atoms with E-state index in [0.29, 0.717) is 30.9 Å². The summed E-state index contributed by atoms with van der Waals surface area (Å²) in [6.07, 6.45) is -0.489. The molecule has 174 valence electrons. The van der Waals surface area contributed by atoms with Crippen LogP contribution in [0.1, 0.15) is 54.0 Å². The van der Waals surface area contributed by atoms with Gasteiger partial charge in [-0.05, 0) is 66.5 Å². The first-order chi connectivity index (χ1) is 14.3. The highest BCUT2D eigenvalue weighted by Gasteiger charge is 2.18. The van der Waals surface area contributed by atoms with Crippen molar-refractivity contribution in [2.75, 3.05) is 25.5 Å². The summed E-state index contributed by atoms with van der Waals surface area (Å²) in [6.45, 7) is 13.6. The SMILES string of the molecule is CCN=C(NC(=O)OC(C)(C)C)Nc1ccc(CCNC(=O)OC(C)(C)C)c(OC)c1. The number of ether oxygens (including phenoxy) is 3. The molecule has 0 aliphatic rings. The molecule has 1 aromatic carbocycles. The Balaban J connectivity index is 2.76. The summed E-state index contributed by atoms with van der Waals surface area (Å²) in [7, 11) is 1.57. The third-order valence-electron chi connectivity index (χ3n) is 3.55. The van der Waals surface area contributed by atoms with Crippen LogP contribution in [0.3, 0.4) is 0 Å². The average Bonchev–Trinajstić information content (AvgIpc) is 2.59. The lowest BCUT2D eigenvalue weighted by atomic mass is 10.1. The minimum Gasteiger partial charge on any atom is -0.496 e. The quantitative estimate of drug-likeness (QED) is 0.458. The summed E-state index contributed by atoms with van der Waals surface area (Å²) in [5, 5.41) is 8.41. The monoisotopic (exact) mass is 436 g/mol. The number of aliphatic imine (C=N–C) groups is 1. The Hall–Kier alpha value is -2.97. The van der Waals surface area contributed by atoms with Crippen LogP contribution in [0.4, 0.5) is 15.3 Å². The summed E-state index contributed by atoms with van der Waals surface area (Å²) < 4.78 is 16.0. The van der Waals surface area contributed by atoms with Crippen molar-refractivity contribution in [2.24, 2.45) is 4.99 Å². The number of rotatable bonds is 6. The molecule has 1 rings (SSSR count). The molecule has 0 radical (unpaired) electrons. The molecule has 9 nitrogen and oxygen atoms in total. The number of nitrogens with one attached hydrogen (secondary N) is 3. The van der Waals surface area contributed by atoms with Gasteiger partial charge < -0.3 is 24.8 Å². The molecule has 3 N–H and O–H groups in total. The van der Waals surface area contributed by atoms with Gasteiger partial charge in [0, 0.05) is 24.8 Å². The van der Waals surface area contributed by atoms with Crippen LogP contribution >= 0.6 is 0 Å². The second-order valence-corrected chi connectivity index (χ2v) is 8.78. The van der Waals surface area contributed by atoms with Gasteiger partial charge in [-0.25, -0.2) is 9.59 Å². The normalized spacial score (nSPS) is 12.1. The Morgan fingerprint density at radius 2 is 1.61 bits per heavy atom.